The summed E-state index contributed by atoms with van der Waals surface area (Å²) in [5.74, 6) is 0.462. The number of ether oxygens (including phenoxy) is 1. The van der Waals surface area contributed by atoms with Gasteiger partial charge in [0.15, 0.2) is 0 Å². The fraction of sp³-hybridized carbons (Fsp3) is 0.286. The van der Waals surface area contributed by atoms with Gasteiger partial charge in [-0.25, -0.2) is 9.67 Å². The number of benzene rings is 2. The third-order valence-electron chi connectivity index (χ3n) is 4.93. The van der Waals surface area contributed by atoms with Crippen molar-refractivity contribution in [1.29, 1.82) is 0 Å². The van der Waals surface area contributed by atoms with Gasteiger partial charge in [0.25, 0.3) is 5.91 Å². The van der Waals surface area contributed by atoms with E-state index in [2.05, 4.69) is 10.1 Å². The summed E-state index contributed by atoms with van der Waals surface area (Å²) >= 11 is 18.6. The average Bonchev–Trinajstić information content (AvgIpc) is 3.17. The Balaban J connectivity index is 1.60. The van der Waals surface area contributed by atoms with Crippen LogP contribution in [0.4, 0.5) is 0 Å². The third-order valence-corrected chi connectivity index (χ3v) is 5.79. The molecule has 0 bridgehead atoms. The molecule has 0 saturated carbocycles. The summed E-state index contributed by atoms with van der Waals surface area (Å²) in [6.07, 6.45) is 0.337. The first-order chi connectivity index (χ1) is 14.5. The summed E-state index contributed by atoms with van der Waals surface area (Å²) in [6, 6.07) is 12.6. The molecule has 1 aliphatic rings. The molecule has 0 radical (unpaired) electrons. The number of morpholine rings is 1. The van der Waals surface area contributed by atoms with Crippen LogP contribution in [0.5, 0.6) is 0 Å². The SMILES string of the molecule is CCc1nc(C(=O)N2CCOC(c3ccc(Cl)cc3)C2)nn1-c1c(Cl)cccc1Cl. The summed E-state index contributed by atoms with van der Waals surface area (Å²) in [5.41, 5.74) is 1.48. The van der Waals surface area contributed by atoms with Crippen LogP contribution < -0.4 is 0 Å². The zero-order valence-corrected chi connectivity index (χ0v) is 18.5. The predicted octanol–water partition coefficient (Wildman–Crippen LogP) is 5.00. The summed E-state index contributed by atoms with van der Waals surface area (Å²) in [6.45, 7) is 3.23. The van der Waals surface area contributed by atoms with Crippen molar-refractivity contribution in [3.8, 4) is 5.69 Å². The van der Waals surface area contributed by atoms with Crippen LogP contribution in [0, 0.1) is 0 Å². The molecular formula is C21H19Cl3N4O2. The zero-order valence-electron chi connectivity index (χ0n) is 16.2. The van der Waals surface area contributed by atoms with Crippen molar-refractivity contribution >= 4 is 40.7 Å². The maximum absolute atomic E-state index is 13.2. The zero-order chi connectivity index (χ0) is 21.3. The molecule has 1 aliphatic heterocycles. The van der Waals surface area contributed by atoms with Crippen LogP contribution in [0.2, 0.25) is 15.1 Å². The first-order valence-corrected chi connectivity index (χ1v) is 10.7. The van der Waals surface area contributed by atoms with E-state index in [0.717, 1.165) is 5.56 Å². The van der Waals surface area contributed by atoms with E-state index in [0.29, 0.717) is 52.7 Å². The maximum atomic E-state index is 13.2. The van der Waals surface area contributed by atoms with Gasteiger partial charge >= 0.3 is 0 Å². The first kappa shape index (κ1) is 21.1. The minimum absolute atomic E-state index is 0.111. The molecule has 2 heterocycles. The van der Waals surface area contributed by atoms with E-state index < -0.39 is 0 Å². The van der Waals surface area contributed by atoms with Crippen molar-refractivity contribution in [3.63, 3.8) is 0 Å². The second-order valence-electron chi connectivity index (χ2n) is 6.85. The first-order valence-electron chi connectivity index (χ1n) is 9.54. The molecule has 1 aromatic heterocycles. The summed E-state index contributed by atoms with van der Waals surface area (Å²) in [4.78, 5) is 19.3. The van der Waals surface area contributed by atoms with Gasteiger partial charge in [0.2, 0.25) is 5.82 Å². The summed E-state index contributed by atoms with van der Waals surface area (Å²) in [7, 11) is 0. The Morgan fingerprint density at radius 2 is 1.83 bits per heavy atom. The lowest BCUT2D eigenvalue weighted by Crippen LogP contribution is -2.42. The topological polar surface area (TPSA) is 60.3 Å². The number of carbonyl (C=O) groups excluding carboxylic acids is 1. The second kappa shape index (κ2) is 8.94. The number of rotatable bonds is 4. The minimum atomic E-state index is -0.256. The van der Waals surface area contributed by atoms with E-state index in [9.17, 15) is 4.79 Å². The van der Waals surface area contributed by atoms with Gasteiger partial charge in [0, 0.05) is 18.0 Å². The fourth-order valence-corrected chi connectivity index (χ4v) is 4.07. The molecule has 6 nitrogen and oxygen atoms in total. The number of aryl methyl sites for hydroxylation is 1. The third kappa shape index (κ3) is 4.18. The normalized spacial score (nSPS) is 16.7. The fourth-order valence-electron chi connectivity index (χ4n) is 3.39. The number of aromatic nitrogens is 3. The van der Waals surface area contributed by atoms with Gasteiger partial charge in [-0.05, 0) is 29.8 Å². The van der Waals surface area contributed by atoms with Crippen molar-refractivity contribution in [2.45, 2.75) is 19.4 Å². The number of carbonyl (C=O) groups is 1. The number of para-hydroxylation sites is 1. The lowest BCUT2D eigenvalue weighted by Gasteiger charge is -2.32. The van der Waals surface area contributed by atoms with E-state index in [1.165, 1.54) is 0 Å². The lowest BCUT2D eigenvalue weighted by molar-refractivity contribution is -0.0232. The number of nitrogens with zero attached hydrogens (tertiary/aromatic N) is 4. The largest absolute Gasteiger partial charge is 0.370 e. The summed E-state index contributed by atoms with van der Waals surface area (Å²) in [5, 5.41) is 5.98. The van der Waals surface area contributed by atoms with Crippen molar-refractivity contribution in [3.05, 3.63) is 74.7 Å². The van der Waals surface area contributed by atoms with Crippen LogP contribution >= 0.6 is 34.8 Å². The molecule has 1 fully saturated rings. The van der Waals surface area contributed by atoms with E-state index in [1.807, 2.05) is 31.2 Å². The van der Waals surface area contributed by atoms with Crippen molar-refractivity contribution in [2.75, 3.05) is 19.7 Å². The minimum Gasteiger partial charge on any atom is -0.370 e. The van der Waals surface area contributed by atoms with Crippen molar-refractivity contribution in [1.82, 2.24) is 19.7 Å². The van der Waals surface area contributed by atoms with Crippen LogP contribution in [-0.2, 0) is 11.2 Å². The van der Waals surface area contributed by atoms with Gasteiger partial charge in [-0.15, -0.1) is 5.10 Å². The van der Waals surface area contributed by atoms with Crippen LogP contribution in [0.1, 0.15) is 35.0 Å². The van der Waals surface area contributed by atoms with Crippen LogP contribution in [0.25, 0.3) is 5.69 Å². The molecular weight excluding hydrogens is 447 g/mol. The van der Waals surface area contributed by atoms with Gasteiger partial charge in [-0.1, -0.05) is 59.9 Å². The molecule has 2 aromatic carbocycles. The molecule has 1 atom stereocenters. The van der Waals surface area contributed by atoms with E-state index in [4.69, 9.17) is 39.5 Å². The Morgan fingerprint density at radius 1 is 1.13 bits per heavy atom. The van der Waals surface area contributed by atoms with Gasteiger partial charge in [0.1, 0.15) is 17.6 Å². The van der Waals surface area contributed by atoms with Crippen molar-refractivity contribution < 1.29 is 9.53 Å². The van der Waals surface area contributed by atoms with Gasteiger partial charge in [0.05, 0.1) is 23.2 Å². The molecule has 4 rings (SSSR count). The summed E-state index contributed by atoms with van der Waals surface area (Å²) < 4.78 is 7.40. The van der Waals surface area contributed by atoms with Gasteiger partial charge in [-0.3, -0.25) is 4.79 Å². The Hall–Kier alpha value is -2.12. The maximum Gasteiger partial charge on any atom is 0.293 e. The molecule has 0 aliphatic carbocycles. The Labute approximate surface area is 189 Å². The second-order valence-corrected chi connectivity index (χ2v) is 8.10. The molecule has 1 saturated heterocycles. The molecule has 1 amide bonds. The molecule has 0 N–H and O–H groups in total. The van der Waals surface area contributed by atoms with Gasteiger partial charge < -0.3 is 9.64 Å². The number of hydrogen-bond donors (Lipinski definition) is 0. The quantitative estimate of drug-likeness (QED) is 0.544. The smallest absolute Gasteiger partial charge is 0.293 e. The molecule has 1 unspecified atom stereocenters. The number of amides is 1. The highest BCUT2D eigenvalue weighted by Gasteiger charge is 2.29. The Kier molecular flexibility index (Phi) is 6.29. The highest BCUT2D eigenvalue weighted by Crippen LogP contribution is 2.29. The number of hydrogen-bond acceptors (Lipinski definition) is 4. The van der Waals surface area contributed by atoms with Crippen LogP contribution in [-0.4, -0.2) is 45.3 Å². The van der Waals surface area contributed by atoms with E-state index >= 15 is 0 Å². The monoisotopic (exact) mass is 464 g/mol. The van der Waals surface area contributed by atoms with Crippen LogP contribution in [0.15, 0.2) is 42.5 Å². The van der Waals surface area contributed by atoms with E-state index in [1.54, 1.807) is 27.8 Å². The molecule has 30 heavy (non-hydrogen) atoms. The lowest BCUT2D eigenvalue weighted by atomic mass is 10.1. The highest BCUT2D eigenvalue weighted by molar-refractivity contribution is 6.37. The molecule has 0 spiro atoms. The van der Waals surface area contributed by atoms with Crippen LogP contribution in [0.3, 0.4) is 0 Å². The predicted molar refractivity (Wildman–Crippen MR) is 117 cm³/mol. The Morgan fingerprint density at radius 3 is 2.50 bits per heavy atom. The molecule has 9 heteroatoms. The average molecular weight is 466 g/mol. The highest BCUT2D eigenvalue weighted by atomic mass is 35.5. The molecule has 3 aromatic rings. The molecule has 156 valence electrons. The van der Waals surface area contributed by atoms with E-state index in [-0.39, 0.29) is 17.8 Å². The van der Waals surface area contributed by atoms with Gasteiger partial charge in [-0.2, -0.15) is 0 Å². The standard InChI is InChI=1S/C21H19Cl3N4O2/c1-2-18-25-20(26-28(18)19-15(23)4-3-5-16(19)24)21(29)27-10-11-30-17(12-27)13-6-8-14(22)9-7-13/h3-9,17H,2,10-12H2,1H3. The van der Waals surface area contributed by atoms with Crippen molar-refractivity contribution in [2.24, 2.45) is 0 Å². The Bertz CT molecular complexity index is 1050. The number of halogens is 3.